The molecule has 23 heavy (non-hydrogen) atoms. The van der Waals surface area contributed by atoms with Gasteiger partial charge in [0.1, 0.15) is 5.82 Å². The summed E-state index contributed by atoms with van der Waals surface area (Å²) in [6.45, 7) is 4.50. The lowest BCUT2D eigenvalue weighted by Gasteiger charge is -2.36. The van der Waals surface area contributed by atoms with Gasteiger partial charge in [-0.2, -0.15) is 0 Å². The molecule has 0 aliphatic carbocycles. The van der Waals surface area contributed by atoms with Gasteiger partial charge in [-0.15, -0.1) is 0 Å². The largest absolute Gasteiger partial charge is 0.341 e. The van der Waals surface area contributed by atoms with E-state index < -0.39 is 0 Å². The maximum absolute atomic E-state index is 4.94. The topological polar surface area (TPSA) is 28.2 Å². The van der Waals surface area contributed by atoms with Crippen molar-refractivity contribution in [3.8, 4) is 0 Å². The van der Waals surface area contributed by atoms with Crippen LogP contribution in [-0.2, 0) is 0 Å². The summed E-state index contributed by atoms with van der Waals surface area (Å²) in [5, 5.41) is 4.91. The number of fused-ring (bicyclic) bond motifs is 1. The molecule has 1 aliphatic rings. The molecule has 2 aromatic rings. The summed E-state index contributed by atoms with van der Waals surface area (Å²) in [5.74, 6) is 1.12. The van der Waals surface area contributed by atoms with Gasteiger partial charge in [0, 0.05) is 11.9 Å². The van der Waals surface area contributed by atoms with Crippen molar-refractivity contribution in [2.24, 2.45) is 0 Å². The third kappa shape index (κ3) is 4.23. The number of aromatic nitrogens is 1. The van der Waals surface area contributed by atoms with E-state index in [0.717, 1.165) is 24.4 Å². The van der Waals surface area contributed by atoms with Crippen molar-refractivity contribution in [1.29, 1.82) is 0 Å². The lowest BCUT2D eigenvalue weighted by atomic mass is 10.1. The van der Waals surface area contributed by atoms with Crippen LogP contribution in [0.5, 0.6) is 0 Å². The number of hydrogen-bond acceptors (Lipinski definition) is 3. The first-order valence-corrected chi connectivity index (χ1v) is 9.24. The van der Waals surface area contributed by atoms with Crippen molar-refractivity contribution in [1.82, 2.24) is 10.3 Å². The van der Waals surface area contributed by atoms with E-state index in [4.69, 9.17) is 4.98 Å². The van der Waals surface area contributed by atoms with E-state index in [9.17, 15) is 0 Å². The first-order valence-electron chi connectivity index (χ1n) is 9.24. The molecular formula is C20H29N3. The number of rotatable bonds is 7. The Balaban J connectivity index is 1.79. The molecule has 1 atom stereocenters. The van der Waals surface area contributed by atoms with Crippen LogP contribution < -0.4 is 10.2 Å². The van der Waals surface area contributed by atoms with E-state index in [1.54, 1.807) is 0 Å². The van der Waals surface area contributed by atoms with Crippen LogP contribution in [0.1, 0.15) is 51.9 Å². The number of piperidine rings is 1. The molecule has 124 valence electrons. The van der Waals surface area contributed by atoms with Crippen LogP contribution in [0.3, 0.4) is 0 Å². The smallest absolute Gasteiger partial charge is 0.130 e. The fourth-order valence-corrected chi connectivity index (χ4v) is 3.45. The Hall–Kier alpha value is -1.61. The fourth-order valence-electron chi connectivity index (χ4n) is 3.45. The van der Waals surface area contributed by atoms with Crippen molar-refractivity contribution in [3.63, 3.8) is 0 Å². The van der Waals surface area contributed by atoms with E-state index in [2.05, 4.69) is 53.5 Å². The average molecular weight is 311 g/mol. The summed E-state index contributed by atoms with van der Waals surface area (Å²) < 4.78 is 0. The number of hydrogen-bond donors (Lipinski definition) is 1. The standard InChI is InChI=1S/C20H29N3/c1-2-3-4-9-16-23(19-12-7-8-15-21-19)20-14-13-17-10-5-6-11-18(17)22-20/h5-6,10-11,13-14,19,21H,2-4,7-9,12,15-16H2,1H3. The highest BCUT2D eigenvalue weighted by Gasteiger charge is 2.21. The normalized spacial score (nSPS) is 18.2. The number of unbranched alkanes of at least 4 members (excludes halogenated alkanes) is 3. The Morgan fingerprint density at radius 3 is 2.83 bits per heavy atom. The van der Waals surface area contributed by atoms with Crippen LogP contribution in [0.15, 0.2) is 36.4 Å². The third-order valence-corrected chi connectivity index (χ3v) is 4.79. The van der Waals surface area contributed by atoms with Crippen LogP contribution in [0.4, 0.5) is 5.82 Å². The van der Waals surface area contributed by atoms with E-state index in [0.29, 0.717) is 6.17 Å². The van der Waals surface area contributed by atoms with E-state index in [1.807, 2.05) is 0 Å². The molecule has 1 fully saturated rings. The second-order valence-corrected chi connectivity index (χ2v) is 6.58. The molecule has 0 radical (unpaired) electrons. The van der Waals surface area contributed by atoms with Gasteiger partial charge in [-0.3, -0.25) is 5.32 Å². The van der Waals surface area contributed by atoms with Crippen LogP contribution in [-0.4, -0.2) is 24.2 Å². The molecule has 1 aromatic carbocycles. The molecule has 0 bridgehead atoms. The van der Waals surface area contributed by atoms with Crippen molar-refractivity contribution in [2.45, 2.75) is 58.0 Å². The maximum atomic E-state index is 4.94. The molecule has 0 saturated carbocycles. The second kappa shape index (κ2) is 8.30. The summed E-state index contributed by atoms with van der Waals surface area (Å²) in [7, 11) is 0. The Labute approximate surface area is 140 Å². The first kappa shape index (κ1) is 16.3. The Morgan fingerprint density at radius 1 is 1.09 bits per heavy atom. The van der Waals surface area contributed by atoms with Crippen LogP contribution >= 0.6 is 0 Å². The van der Waals surface area contributed by atoms with E-state index in [-0.39, 0.29) is 0 Å². The number of benzene rings is 1. The lowest BCUT2D eigenvalue weighted by Crippen LogP contribution is -2.49. The van der Waals surface area contributed by atoms with Crippen LogP contribution in [0.25, 0.3) is 10.9 Å². The molecule has 1 saturated heterocycles. The quantitative estimate of drug-likeness (QED) is 0.750. The van der Waals surface area contributed by atoms with E-state index in [1.165, 1.54) is 50.3 Å². The summed E-state index contributed by atoms with van der Waals surface area (Å²) in [6.07, 6.45) is 9.46. The minimum absolute atomic E-state index is 0.444. The molecule has 3 nitrogen and oxygen atoms in total. The summed E-state index contributed by atoms with van der Waals surface area (Å²) in [5.41, 5.74) is 1.10. The highest BCUT2D eigenvalue weighted by Crippen LogP contribution is 2.23. The molecule has 3 rings (SSSR count). The van der Waals surface area contributed by atoms with Crippen molar-refractivity contribution < 1.29 is 0 Å². The lowest BCUT2D eigenvalue weighted by molar-refractivity contribution is 0.380. The highest BCUT2D eigenvalue weighted by atomic mass is 15.3. The number of pyridine rings is 1. The third-order valence-electron chi connectivity index (χ3n) is 4.79. The molecule has 1 unspecified atom stereocenters. The monoisotopic (exact) mass is 311 g/mol. The minimum Gasteiger partial charge on any atom is -0.341 e. The van der Waals surface area contributed by atoms with Gasteiger partial charge in [0.2, 0.25) is 0 Å². The summed E-state index contributed by atoms with van der Waals surface area (Å²) >= 11 is 0. The second-order valence-electron chi connectivity index (χ2n) is 6.58. The average Bonchev–Trinajstić information content (AvgIpc) is 2.62. The van der Waals surface area contributed by atoms with Crippen LogP contribution in [0, 0.1) is 0 Å². The minimum atomic E-state index is 0.444. The number of para-hydroxylation sites is 1. The highest BCUT2D eigenvalue weighted by molar-refractivity contribution is 5.80. The van der Waals surface area contributed by atoms with E-state index >= 15 is 0 Å². The Morgan fingerprint density at radius 2 is 2.00 bits per heavy atom. The first-order chi connectivity index (χ1) is 11.4. The zero-order valence-electron chi connectivity index (χ0n) is 14.3. The molecule has 3 heteroatoms. The summed E-state index contributed by atoms with van der Waals surface area (Å²) in [4.78, 5) is 7.44. The summed E-state index contributed by atoms with van der Waals surface area (Å²) in [6, 6.07) is 12.8. The predicted molar refractivity (Wildman–Crippen MR) is 98.9 cm³/mol. The molecular weight excluding hydrogens is 282 g/mol. The molecule has 1 aromatic heterocycles. The Kier molecular flexibility index (Phi) is 5.87. The predicted octanol–water partition coefficient (Wildman–Crippen LogP) is 4.72. The number of nitrogens with zero attached hydrogens (tertiary/aromatic N) is 2. The van der Waals surface area contributed by atoms with Gasteiger partial charge in [0.25, 0.3) is 0 Å². The van der Waals surface area contributed by atoms with Gasteiger partial charge >= 0.3 is 0 Å². The van der Waals surface area contributed by atoms with Crippen molar-refractivity contribution in [2.75, 3.05) is 18.0 Å². The molecule has 1 aliphatic heterocycles. The Bertz CT molecular complexity index is 605. The van der Waals surface area contributed by atoms with Gasteiger partial charge < -0.3 is 4.90 Å². The van der Waals surface area contributed by atoms with Crippen LogP contribution in [0.2, 0.25) is 0 Å². The fraction of sp³-hybridized carbons (Fsp3) is 0.550. The zero-order chi connectivity index (χ0) is 15.9. The molecule has 1 N–H and O–H groups in total. The SMILES string of the molecule is CCCCCCN(c1ccc2ccccc2n1)C1CCCCN1. The van der Waals surface area contributed by atoms with Crippen molar-refractivity contribution >= 4 is 16.7 Å². The maximum Gasteiger partial charge on any atom is 0.130 e. The molecule has 2 heterocycles. The molecule has 0 spiro atoms. The van der Waals surface area contributed by atoms with Gasteiger partial charge in [0.15, 0.2) is 0 Å². The van der Waals surface area contributed by atoms with Crippen molar-refractivity contribution in [3.05, 3.63) is 36.4 Å². The number of nitrogens with one attached hydrogen (secondary N) is 1. The van der Waals surface area contributed by atoms with Gasteiger partial charge in [-0.1, -0.05) is 44.4 Å². The van der Waals surface area contributed by atoms with Gasteiger partial charge in [0.05, 0.1) is 11.7 Å². The number of anilines is 1. The molecule has 0 amide bonds. The zero-order valence-corrected chi connectivity index (χ0v) is 14.3. The van der Waals surface area contributed by atoms with Gasteiger partial charge in [-0.25, -0.2) is 4.98 Å². The van der Waals surface area contributed by atoms with Gasteiger partial charge in [-0.05, 0) is 50.4 Å².